The van der Waals surface area contributed by atoms with Crippen LogP contribution in [0.2, 0.25) is 0 Å². The molecule has 1 aliphatic rings. The Labute approximate surface area is 252 Å². The van der Waals surface area contributed by atoms with Crippen LogP contribution in [0, 0.1) is 0 Å². The van der Waals surface area contributed by atoms with Gasteiger partial charge in [0, 0.05) is 16.5 Å². The van der Waals surface area contributed by atoms with Crippen molar-refractivity contribution in [2.75, 3.05) is 6.61 Å². The second-order valence-electron chi connectivity index (χ2n) is 9.04. The number of benzene rings is 3. The van der Waals surface area contributed by atoms with E-state index in [1.54, 1.807) is 17.6 Å². The molecule has 0 fully saturated rings. The molecule has 2 aromatic heterocycles. The predicted molar refractivity (Wildman–Crippen MR) is 164 cm³/mol. The number of nitrogens with zero attached hydrogens (tertiary/aromatic N) is 2. The Balaban J connectivity index is 1.53. The normalized spacial score (nSPS) is 15.0. The molecule has 1 aliphatic heterocycles. The number of carbonyl (C=O) groups is 1. The summed E-state index contributed by atoms with van der Waals surface area (Å²) in [7, 11) is 0. The fourth-order valence-corrected chi connectivity index (χ4v) is 6.96. The van der Waals surface area contributed by atoms with Gasteiger partial charge in [0.2, 0.25) is 0 Å². The molecule has 0 aliphatic carbocycles. The van der Waals surface area contributed by atoms with Crippen LogP contribution in [0.1, 0.15) is 29.9 Å². The van der Waals surface area contributed by atoms with Gasteiger partial charge in [-0.2, -0.15) is 0 Å². The van der Waals surface area contributed by atoms with Crippen LogP contribution in [0.25, 0.3) is 11.8 Å². The zero-order chi connectivity index (χ0) is 28.3. The minimum Gasteiger partial charge on any atom is -0.463 e. The third-order valence-electron chi connectivity index (χ3n) is 6.39. The van der Waals surface area contributed by atoms with Gasteiger partial charge in [-0.1, -0.05) is 102 Å². The molecular weight excluding hydrogens is 620 g/mol. The molecule has 1 atom stereocenters. The Hall–Kier alpha value is -3.92. The molecule has 3 heterocycles. The summed E-state index contributed by atoms with van der Waals surface area (Å²) in [6.07, 6.45) is 1.72. The first kappa shape index (κ1) is 27.3. The number of furan rings is 1. The van der Waals surface area contributed by atoms with Crippen LogP contribution in [0.5, 0.6) is 0 Å². The SMILES string of the molecule is CCOC(=O)C1=C(c2ccccc2)N=c2s/c(=C/c3cc(Br)c(Sc4ccccc4)o3)c(=O)n2[C@H]1c1ccccc1. The lowest BCUT2D eigenvalue weighted by molar-refractivity contribution is -0.138. The smallest absolute Gasteiger partial charge is 0.338 e. The van der Waals surface area contributed by atoms with Gasteiger partial charge in [0.05, 0.1) is 32.9 Å². The first-order chi connectivity index (χ1) is 20.0. The molecule has 9 heteroatoms. The van der Waals surface area contributed by atoms with E-state index in [-0.39, 0.29) is 12.2 Å². The molecule has 5 aromatic rings. The third-order valence-corrected chi connectivity index (χ3v) is 9.22. The number of thiazole rings is 1. The van der Waals surface area contributed by atoms with Gasteiger partial charge in [-0.15, -0.1) is 0 Å². The van der Waals surface area contributed by atoms with Crippen LogP contribution < -0.4 is 14.9 Å². The summed E-state index contributed by atoms with van der Waals surface area (Å²) in [6.45, 7) is 1.96. The van der Waals surface area contributed by atoms with E-state index in [4.69, 9.17) is 14.1 Å². The molecule has 0 saturated heterocycles. The Morgan fingerprint density at radius 3 is 2.39 bits per heavy atom. The van der Waals surface area contributed by atoms with Crippen LogP contribution in [-0.2, 0) is 9.53 Å². The standard InChI is InChI=1S/C32H23BrN2O4S2/c1-2-38-30(37)26-27(20-12-6-3-7-13-20)34-32-35(28(26)21-14-8-4-9-15-21)29(36)25(41-32)19-22-18-24(33)31(39-22)40-23-16-10-5-11-17-23/h3-19,28H,2H2,1H3/b25-19+/t28-/m0/s1. The number of fused-ring (bicyclic) bond motifs is 1. The number of carbonyl (C=O) groups excluding carboxylic acids is 1. The molecule has 0 amide bonds. The minimum atomic E-state index is -0.712. The zero-order valence-corrected chi connectivity index (χ0v) is 25.0. The topological polar surface area (TPSA) is 73.8 Å². The second kappa shape index (κ2) is 11.9. The third kappa shape index (κ3) is 5.53. The highest BCUT2D eigenvalue weighted by Gasteiger charge is 2.35. The molecule has 0 unspecified atom stereocenters. The monoisotopic (exact) mass is 642 g/mol. The summed E-state index contributed by atoms with van der Waals surface area (Å²) in [5, 5.41) is 0.688. The van der Waals surface area contributed by atoms with Gasteiger partial charge in [0.25, 0.3) is 5.56 Å². The molecular formula is C32H23BrN2O4S2. The molecule has 41 heavy (non-hydrogen) atoms. The number of hydrogen-bond donors (Lipinski definition) is 0. The summed E-state index contributed by atoms with van der Waals surface area (Å²) < 4.78 is 14.4. The van der Waals surface area contributed by atoms with Gasteiger partial charge in [-0.05, 0) is 46.6 Å². The van der Waals surface area contributed by atoms with Crippen LogP contribution >= 0.6 is 39.0 Å². The molecule has 0 N–H and O–H groups in total. The van der Waals surface area contributed by atoms with E-state index in [0.717, 1.165) is 20.5 Å². The van der Waals surface area contributed by atoms with Gasteiger partial charge in [0.15, 0.2) is 9.89 Å². The van der Waals surface area contributed by atoms with E-state index in [1.807, 2.05) is 97.1 Å². The predicted octanol–water partition coefficient (Wildman–Crippen LogP) is 6.44. The summed E-state index contributed by atoms with van der Waals surface area (Å²) in [5.74, 6) is 0.0282. The fraction of sp³-hybridized carbons (Fsp3) is 0.0938. The molecule has 0 bridgehead atoms. The number of esters is 1. The van der Waals surface area contributed by atoms with Crippen molar-refractivity contribution in [3.8, 4) is 0 Å². The van der Waals surface area contributed by atoms with Crippen molar-refractivity contribution >= 4 is 56.8 Å². The van der Waals surface area contributed by atoms with Crippen molar-refractivity contribution in [3.63, 3.8) is 0 Å². The number of halogens is 1. The largest absolute Gasteiger partial charge is 0.463 e. The number of aromatic nitrogens is 1. The van der Waals surface area contributed by atoms with Crippen LogP contribution in [-0.4, -0.2) is 17.1 Å². The molecule has 0 saturated carbocycles. The Kier molecular flexibility index (Phi) is 7.91. The van der Waals surface area contributed by atoms with Crippen molar-refractivity contribution < 1.29 is 13.9 Å². The van der Waals surface area contributed by atoms with E-state index in [2.05, 4.69) is 15.9 Å². The highest BCUT2D eigenvalue weighted by molar-refractivity contribution is 9.10. The van der Waals surface area contributed by atoms with Gasteiger partial charge in [0.1, 0.15) is 5.76 Å². The first-order valence-corrected chi connectivity index (χ1v) is 15.3. The lowest BCUT2D eigenvalue weighted by Gasteiger charge is -2.25. The van der Waals surface area contributed by atoms with E-state index < -0.39 is 12.0 Å². The van der Waals surface area contributed by atoms with Crippen molar-refractivity contribution in [2.45, 2.75) is 23.0 Å². The molecule has 0 spiro atoms. The highest BCUT2D eigenvalue weighted by Crippen LogP contribution is 2.37. The fourth-order valence-electron chi connectivity index (χ4n) is 4.63. The molecule has 6 nitrogen and oxygen atoms in total. The number of hydrogen-bond acceptors (Lipinski definition) is 7. The lowest BCUT2D eigenvalue weighted by Crippen LogP contribution is -2.39. The zero-order valence-electron chi connectivity index (χ0n) is 21.8. The van der Waals surface area contributed by atoms with E-state index in [1.165, 1.54) is 23.1 Å². The maximum atomic E-state index is 14.0. The average molecular weight is 644 g/mol. The summed E-state index contributed by atoms with van der Waals surface area (Å²) in [5.41, 5.74) is 2.11. The van der Waals surface area contributed by atoms with Crippen molar-refractivity contribution in [1.29, 1.82) is 0 Å². The van der Waals surface area contributed by atoms with Crippen molar-refractivity contribution in [3.05, 3.63) is 144 Å². The molecule has 6 rings (SSSR count). The van der Waals surface area contributed by atoms with Crippen molar-refractivity contribution in [2.24, 2.45) is 4.99 Å². The molecule has 3 aromatic carbocycles. The number of rotatable bonds is 7. The lowest BCUT2D eigenvalue weighted by atomic mass is 9.93. The Bertz CT molecular complexity index is 1930. The van der Waals surface area contributed by atoms with E-state index in [0.29, 0.717) is 31.5 Å². The van der Waals surface area contributed by atoms with E-state index >= 15 is 0 Å². The van der Waals surface area contributed by atoms with Gasteiger partial charge < -0.3 is 9.15 Å². The number of ether oxygens (including phenoxy) is 1. The highest BCUT2D eigenvalue weighted by atomic mass is 79.9. The maximum absolute atomic E-state index is 14.0. The van der Waals surface area contributed by atoms with Gasteiger partial charge in [-0.3, -0.25) is 9.36 Å². The van der Waals surface area contributed by atoms with Gasteiger partial charge in [-0.25, -0.2) is 9.79 Å². The second-order valence-corrected chi connectivity index (χ2v) is 12.0. The molecule has 0 radical (unpaired) electrons. The molecule has 204 valence electrons. The first-order valence-electron chi connectivity index (χ1n) is 12.9. The summed E-state index contributed by atoms with van der Waals surface area (Å²) in [6, 6.07) is 30.1. The minimum absolute atomic E-state index is 0.201. The summed E-state index contributed by atoms with van der Waals surface area (Å²) >= 11 is 6.34. The average Bonchev–Trinajstić information content (AvgIpc) is 3.50. The van der Waals surface area contributed by atoms with Crippen molar-refractivity contribution in [1.82, 2.24) is 4.57 Å². The summed E-state index contributed by atoms with van der Waals surface area (Å²) in [4.78, 5) is 33.9. The maximum Gasteiger partial charge on any atom is 0.338 e. The van der Waals surface area contributed by atoms with Crippen LogP contribution in [0.15, 0.2) is 131 Å². The quantitative estimate of drug-likeness (QED) is 0.191. The van der Waals surface area contributed by atoms with Crippen LogP contribution in [0.3, 0.4) is 0 Å². The van der Waals surface area contributed by atoms with Crippen LogP contribution in [0.4, 0.5) is 0 Å². The van der Waals surface area contributed by atoms with E-state index in [9.17, 15) is 9.59 Å². The van der Waals surface area contributed by atoms with Gasteiger partial charge >= 0.3 is 5.97 Å². The Morgan fingerprint density at radius 1 is 1.05 bits per heavy atom. The Morgan fingerprint density at radius 2 is 1.71 bits per heavy atom.